The molecule has 1 aliphatic rings. The second-order valence-corrected chi connectivity index (χ2v) is 8.70. The summed E-state index contributed by atoms with van der Waals surface area (Å²) in [6, 6.07) is 0. The fourth-order valence-corrected chi connectivity index (χ4v) is 5.32. The second-order valence-electron chi connectivity index (χ2n) is 5.75. The lowest BCUT2D eigenvalue weighted by Gasteiger charge is -2.26. The molecule has 1 heterocycles. The third-order valence-corrected chi connectivity index (χ3v) is 6.98. The maximum absolute atomic E-state index is 12.1. The Hall–Kier alpha value is -0.660. The smallest absolute Gasteiger partial charge is 0.305 e. The van der Waals surface area contributed by atoms with Gasteiger partial charge in [0.05, 0.1) is 0 Å². The first-order chi connectivity index (χ1) is 9.38. The number of hydrogen-bond donors (Lipinski definition) is 2. The van der Waals surface area contributed by atoms with Crippen LogP contribution in [0.1, 0.15) is 44.7 Å². The maximum Gasteiger partial charge on any atom is 0.305 e. The van der Waals surface area contributed by atoms with Gasteiger partial charge in [-0.3, -0.25) is 4.79 Å². The molecule has 1 aromatic heterocycles. The van der Waals surface area contributed by atoms with E-state index in [1.54, 1.807) is 6.92 Å². The Morgan fingerprint density at radius 2 is 2.15 bits per heavy atom. The Kier molecular flexibility index (Phi) is 5.04. The largest absolute Gasteiger partial charge is 0.315 e. The van der Waals surface area contributed by atoms with Crippen molar-refractivity contribution in [2.75, 3.05) is 6.54 Å². The van der Waals surface area contributed by atoms with Crippen LogP contribution in [-0.4, -0.2) is 19.9 Å². The van der Waals surface area contributed by atoms with Crippen molar-refractivity contribution in [2.24, 2.45) is 11.8 Å². The molecule has 0 saturated heterocycles. The summed E-state index contributed by atoms with van der Waals surface area (Å²) in [5, 5.41) is 0. The molecule has 114 valence electrons. The number of aryl methyl sites for hydroxylation is 1. The van der Waals surface area contributed by atoms with Gasteiger partial charge in [0, 0.05) is 12.2 Å². The molecule has 5 nitrogen and oxygen atoms in total. The van der Waals surface area contributed by atoms with Crippen molar-refractivity contribution in [1.82, 2.24) is 9.71 Å². The van der Waals surface area contributed by atoms with Gasteiger partial charge < -0.3 is 4.98 Å². The standard InChI is InChI=1S/C13H22N2O3S2/c1-9-4-3-5-11(8-9)6-7-14-20(17,18)12-10(2)15-13(16)19-12/h9,11,14H,3-8H2,1-2H3,(H,15,16). The molecular weight excluding hydrogens is 296 g/mol. The van der Waals surface area contributed by atoms with E-state index in [0.717, 1.165) is 23.7 Å². The fourth-order valence-electron chi connectivity index (χ4n) is 2.93. The topological polar surface area (TPSA) is 79.0 Å². The van der Waals surface area contributed by atoms with E-state index in [9.17, 15) is 13.2 Å². The Morgan fingerprint density at radius 3 is 2.75 bits per heavy atom. The van der Waals surface area contributed by atoms with Crippen molar-refractivity contribution in [2.45, 2.75) is 50.2 Å². The molecule has 0 spiro atoms. The monoisotopic (exact) mass is 318 g/mol. The van der Waals surface area contributed by atoms with Gasteiger partial charge in [0.2, 0.25) is 0 Å². The first kappa shape index (κ1) is 15.7. The van der Waals surface area contributed by atoms with Gasteiger partial charge in [-0.15, -0.1) is 0 Å². The number of H-pyrrole nitrogens is 1. The molecule has 2 unspecified atom stereocenters. The maximum atomic E-state index is 12.1. The van der Waals surface area contributed by atoms with Crippen LogP contribution in [0.3, 0.4) is 0 Å². The van der Waals surface area contributed by atoms with E-state index in [1.165, 1.54) is 25.7 Å². The minimum absolute atomic E-state index is 0.111. The summed E-state index contributed by atoms with van der Waals surface area (Å²) < 4.78 is 27.0. The first-order valence-corrected chi connectivity index (χ1v) is 9.38. The average Bonchev–Trinajstić information content (AvgIpc) is 2.69. The second kappa shape index (κ2) is 6.41. The van der Waals surface area contributed by atoms with Gasteiger partial charge in [-0.25, -0.2) is 13.1 Å². The van der Waals surface area contributed by atoms with Crippen molar-refractivity contribution in [1.29, 1.82) is 0 Å². The van der Waals surface area contributed by atoms with E-state index in [4.69, 9.17) is 0 Å². The number of hydrogen-bond acceptors (Lipinski definition) is 4. The van der Waals surface area contributed by atoms with Crippen molar-refractivity contribution in [3.63, 3.8) is 0 Å². The van der Waals surface area contributed by atoms with Crippen molar-refractivity contribution < 1.29 is 8.42 Å². The summed E-state index contributed by atoms with van der Waals surface area (Å²) in [5.41, 5.74) is 0.416. The van der Waals surface area contributed by atoms with Gasteiger partial charge in [0.15, 0.2) is 4.21 Å². The Labute approximate surface area is 123 Å². The zero-order valence-corrected chi connectivity index (χ0v) is 13.6. The van der Waals surface area contributed by atoms with Crippen LogP contribution in [0.15, 0.2) is 9.00 Å². The number of rotatable bonds is 5. The molecule has 0 aromatic carbocycles. The fraction of sp³-hybridized carbons (Fsp3) is 0.769. The van der Waals surface area contributed by atoms with Crippen LogP contribution in [-0.2, 0) is 10.0 Å². The predicted molar refractivity (Wildman–Crippen MR) is 80.6 cm³/mol. The van der Waals surface area contributed by atoms with Crippen molar-refractivity contribution in [3.05, 3.63) is 15.4 Å². The van der Waals surface area contributed by atoms with Crippen LogP contribution in [0.5, 0.6) is 0 Å². The molecule has 0 aliphatic heterocycles. The van der Waals surface area contributed by atoms with Crippen LogP contribution >= 0.6 is 11.3 Å². The molecule has 1 fully saturated rings. The zero-order chi connectivity index (χ0) is 14.8. The Morgan fingerprint density at radius 1 is 1.40 bits per heavy atom. The number of thiazole rings is 1. The normalized spacial score (nSPS) is 23.9. The molecule has 7 heteroatoms. The summed E-state index contributed by atoms with van der Waals surface area (Å²) in [7, 11) is -3.55. The average molecular weight is 318 g/mol. The molecule has 1 aromatic rings. The molecule has 0 bridgehead atoms. The van der Waals surface area contributed by atoms with Crippen LogP contribution in [0.2, 0.25) is 0 Å². The molecule has 2 N–H and O–H groups in total. The summed E-state index contributed by atoms with van der Waals surface area (Å²) in [5.74, 6) is 1.37. The zero-order valence-electron chi connectivity index (χ0n) is 11.9. The Balaban J connectivity index is 1.90. The van der Waals surface area contributed by atoms with E-state index < -0.39 is 10.0 Å². The van der Waals surface area contributed by atoms with Crippen molar-refractivity contribution >= 4 is 21.4 Å². The predicted octanol–water partition coefficient (Wildman–Crippen LogP) is 2.24. The molecule has 20 heavy (non-hydrogen) atoms. The van der Waals surface area contributed by atoms with Crippen LogP contribution in [0.4, 0.5) is 0 Å². The number of aromatic amines is 1. The van der Waals surface area contributed by atoms with E-state index in [1.807, 2.05) is 0 Å². The van der Waals surface area contributed by atoms with Gasteiger partial charge in [-0.1, -0.05) is 37.5 Å². The van der Waals surface area contributed by atoms with Crippen LogP contribution in [0.25, 0.3) is 0 Å². The number of aromatic nitrogens is 1. The van der Waals surface area contributed by atoms with Gasteiger partial charge in [0.25, 0.3) is 10.0 Å². The molecule has 0 radical (unpaired) electrons. The van der Waals surface area contributed by atoms with Gasteiger partial charge in [-0.2, -0.15) is 0 Å². The summed E-state index contributed by atoms with van der Waals surface area (Å²) in [6.45, 7) is 4.32. The van der Waals surface area contributed by atoms with E-state index in [2.05, 4.69) is 16.6 Å². The highest BCUT2D eigenvalue weighted by Crippen LogP contribution is 2.30. The van der Waals surface area contributed by atoms with E-state index in [-0.39, 0.29) is 9.08 Å². The number of sulfonamides is 1. The highest BCUT2D eigenvalue weighted by Gasteiger charge is 2.22. The SMILES string of the molecule is Cc1[nH]c(=O)sc1S(=O)(=O)NCCC1CCCC(C)C1. The molecule has 2 atom stereocenters. The lowest BCUT2D eigenvalue weighted by molar-refractivity contribution is 0.271. The molecule has 1 saturated carbocycles. The van der Waals surface area contributed by atoms with Gasteiger partial charge in [0.1, 0.15) is 0 Å². The van der Waals surface area contributed by atoms with Crippen molar-refractivity contribution in [3.8, 4) is 0 Å². The Bertz CT molecular complexity index is 603. The molecular formula is C13H22N2O3S2. The minimum Gasteiger partial charge on any atom is -0.315 e. The molecule has 2 rings (SSSR count). The summed E-state index contributed by atoms with van der Waals surface area (Å²) >= 11 is 0.746. The number of nitrogens with one attached hydrogen (secondary N) is 2. The highest BCUT2D eigenvalue weighted by molar-refractivity contribution is 7.91. The van der Waals surface area contributed by atoms with Crippen LogP contribution < -0.4 is 9.60 Å². The summed E-state index contributed by atoms with van der Waals surface area (Å²) in [4.78, 5) is 13.4. The van der Waals surface area contributed by atoms with E-state index in [0.29, 0.717) is 18.2 Å². The highest BCUT2D eigenvalue weighted by atomic mass is 32.2. The third-order valence-electron chi connectivity index (χ3n) is 3.91. The first-order valence-electron chi connectivity index (χ1n) is 7.08. The van der Waals surface area contributed by atoms with Crippen LogP contribution in [0, 0.1) is 18.8 Å². The summed E-state index contributed by atoms with van der Waals surface area (Å²) in [6.07, 6.45) is 5.80. The minimum atomic E-state index is -3.55. The lowest BCUT2D eigenvalue weighted by Crippen LogP contribution is -2.27. The van der Waals surface area contributed by atoms with E-state index >= 15 is 0 Å². The third kappa shape index (κ3) is 3.93. The molecule has 0 amide bonds. The quantitative estimate of drug-likeness (QED) is 0.874. The lowest BCUT2D eigenvalue weighted by atomic mass is 9.81. The molecule has 1 aliphatic carbocycles. The van der Waals surface area contributed by atoms with Gasteiger partial charge >= 0.3 is 4.87 Å². The van der Waals surface area contributed by atoms with Gasteiger partial charge in [-0.05, 0) is 31.6 Å².